The van der Waals surface area contributed by atoms with Gasteiger partial charge in [0, 0.05) is 17.4 Å². The van der Waals surface area contributed by atoms with E-state index in [-0.39, 0.29) is 0 Å². The van der Waals surface area contributed by atoms with Crippen LogP contribution in [0.15, 0.2) is 36.7 Å². The van der Waals surface area contributed by atoms with Gasteiger partial charge in [-0.3, -0.25) is 4.98 Å². The maximum Gasteiger partial charge on any atom is 0.138 e. The fraction of sp³-hybridized carbons (Fsp3) is 0.267. The van der Waals surface area contributed by atoms with Gasteiger partial charge in [-0.2, -0.15) is 0 Å². The number of aromatic nitrogens is 1. The Balaban J connectivity index is 2.35. The molecule has 2 N–H and O–H groups in total. The monoisotopic (exact) mass is 242 g/mol. The lowest BCUT2D eigenvalue weighted by molar-refractivity contribution is 0.316. The van der Waals surface area contributed by atoms with Gasteiger partial charge in [-0.15, -0.1) is 0 Å². The Morgan fingerprint density at radius 1 is 1.28 bits per heavy atom. The topological polar surface area (TPSA) is 48.1 Å². The zero-order chi connectivity index (χ0) is 13.0. The lowest BCUT2D eigenvalue weighted by Crippen LogP contribution is -1.96. The third kappa shape index (κ3) is 2.62. The number of ether oxygens (including phenoxy) is 1. The molecule has 0 aliphatic rings. The molecule has 2 rings (SSSR count). The van der Waals surface area contributed by atoms with Crippen LogP contribution in [0.3, 0.4) is 0 Å². The van der Waals surface area contributed by atoms with E-state index in [1.807, 2.05) is 37.4 Å². The van der Waals surface area contributed by atoms with Gasteiger partial charge in [0.1, 0.15) is 5.75 Å². The van der Waals surface area contributed by atoms with Crippen molar-refractivity contribution in [2.45, 2.75) is 20.3 Å². The van der Waals surface area contributed by atoms with Crippen molar-refractivity contribution in [1.82, 2.24) is 4.98 Å². The highest BCUT2D eigenvalue weighted by Gasteiger charge is 2.05. The zero-order valence-electron chi connectivity index (χ0n) is 10.8. The second-order valence-electron chi connectivity index (χ2n) is 4.28. The first-order valence-electron chi connectivity index (χ1n) is 6.15. The lowest BCUT2D eigenvalue weighted by Gasteiger charge is -2.10. The Kier molecular flexibility index (Phi) is 3.82. The van der Waals surface area contributed by atoms with E-state index >= 15 is 0 Å². The molecule has 0 bridgehead atoms. The SMILES string of the molecule is CCCOc1cncc(-c2cccc(N)c2C)c1. The van der Waals surface area contributed by atoms with Crippen LogP contribution in [-0.2, 0) is 0 Å². The molecule has 0 saturated carbocycles. The first-order chi connectivity index (χ1) is 8.72. The molecule has 0 atom stereocenters. The van der Waals surface area contributed by atoms with Crippen molar-refractivity contribution in [2.24, 2.45) is 0 Å². The largest absolute Gasteiger partial charge is 0.492 e. The van der Waals surface area contributed by atoms with Gasteiger partial charge in [0.05, 0.1) is 12.8 Å². The minimum atomic E-state index is 0.709. The quantitative estimate of drug-likeness (QED) is 0.835. The summed E-state index contributed by atoms with van der Waals surface area (Å²) in [4.78, 5) is 4.22. The summed E-state index contributed by atoms with van der Waals surface area (Å²) in [5.74, 6) is 0.802. The van der Waals surface area contributed by atoms with E-state index < -0.39 is 0 Å². The second kappa shape index (κ2) is 5.54. The number of anilines is 1. The van der Waals surface area contributed by atoms with Crippen LogP contribution >= 0.6 is 0 Å². The van der Waals surface area contributed by atoms with E-state index in [1.165, 1.54) is 0 Å². The van der Waals surface area contributed by atoms with Crippen LogP contribution < -0.4 is 10.5 Å². The van der Waals surface area contributed by atoms with Gasteiger partial charge in [0.25, 0.3) is 0 Å². The molecule has 0 aliphatic heterocycles. The molecule has 0 unspecified atom stereocenters. The van der Waals surface area contributed by atoms with Crippen LogP contribution in [0.5, 0.6) is 5.75 Å². The number of benzene rings is 1. The van der Waals surface area contributed by atoms with Crippen LogP contribution in [0.2, 0.25) is 0 Å². The van der Waals surface area contributed by atoms with Crippen LogP contribution in [0.25, 0.3) is 11.1 Å². The summed E-state index contributed by atoms with van der Waals surface area (Å²) in [6.07, 6.45) is 4.56. The zero-order valence-corrected chi connectivity index (χ0v) is 10.8. The number of hydrogen-bond donors (Lipinski definition) is 1. The molecule has 0 spiro atoms. The molecule has 94 valence electrons. The van der Waals surface area contributed by atoms with Gasteiger partial charge < -0.3 is 10.5 Å². The highest BCUT2D eigenvalue weighted by Crippen LogP contribution is 2.28. The van der Waals surface area contributed by atoms with Crippen molar-refractivity contribution in [3.8, 4) is 16.9 Å². The molecule has 18 heavy (non-hydrogen) atoms. The number of nitrogen functional groups attached to an aromatic ring is 1. The van der Waals surface area contributed by atoms with Crippen molar-refractivity contribution in [2.75, 3.05) is 12.3 Å². The van der Waals surface area contributed by atoms with Gasteiger partial charge >= 0.3 is 0 Å². The van der Waals surface area contributed by atoms with E-state index in [2.05, 4.69) is 11.9 Å². The van der Waals surface area contributed by atoms with Gasteiger partial charge in [-0.1, -0.05) is 19.1 Å². The maximum absolute atomic E-state index is 5.92. The molecule has 0 radical (unpaired) electrons. The third-order valence-electron chi connectivity index (χ3n) is 2.87. The molecule has 0 saturated heterocycles. The molecule has 3 heteroatoms. The average molecular weight is 242 g/mol. The predicted octanol–water partition coefficient (Wildman–Crippen LogP) is 3.43. The van der Waals surface area contributed by atoms with Crippen LogP contribution in [0.4, 0.5) is 5.69 Å². The average Bonchev–Trinajstić information content (AvgIpc) is 2.40. The molecular formula is C15H18N2O. The summed E-state index contributed by atoms with van der Waals surface area (Å²) in [7, 11) is 0. The minimum Gasteiger partial charge on any atom is -0.492 e. The van der Waals surface area contributed by atoms with Crippen LogP contribution in [0, 0.1) is 6.92 Å². The molecule has 1 heterocycles. The summed E-state index contributed by atoms with van der Waals surface area (Å²) < 4.78 is 5.59. The third-order valence-corrected chi connectivity index (χ3v) is 2.87. The normalized spacial score (nSPS) is 10.3. The summed E-state index contributed by atoms with van der Waals surface area (Å²) in [6.45, 7) is 4.81. The molecular weight excluding hydrogens is 224 g/mol. The summed E-state index contributed by atoms with van der Waals surface area (Å²) in [5.41, 5.74) is 9.94. The number of pyridine rings is 1. The Morgan fingerprint density at radius 2 is 2.11 bits per heavy atom. The highest BCUT2D eigenvalue weighted by atomic mass is 16.5. The maximum atomic E-state index is 5.92. The second-order valence-corrected chi connectivity index (χ2v) is 4.28. The number of nitrogens with two attached hydrogens (primary N) is 1. The number of nitrogens with zero attached hydrogens (tertiary/aromatic N) is 1. The van der Waals surface area contributed by atoms with Crippen molar-refractivity contribution < 1.29 is 4.74 Å². The smallest absolute Gasteiger partial charge is 0.138 e. The molecule has 3 nitrogen and oxygen atoms in total. The molecule has 0 fully saturated rings. The summed E-state index contributed by atoms with van der Waals surface area (Å²) in [6, 6.07) is 7.91. The minimum absolute atomic E-state index is 0.709. The van der Waals surface area contributed by atoms with Gasteiger partial charge in [0.2, 0.25) is 0 Å². The van der Waals surface area contributed by atoms with E-state index in [4.69, 9.17) is 10.5 Å². The van der Waals surface area contributed by atoms with Crippen molar-refractivity contribution >= 4 is 5.69 Å². The summed E-state index contributed by atoms with van der Waals surface area (Å²) in [5, 5.41) is 0. The van der Waals surface area contributed by atoms with Gasteiger partial charge in [-0.05, 0) is 36.6 Å². The molecule has 1 aromatic carbocycles. The van der Waals surface area contributed by atoms with Gasteiger partial charge in [-0.25, -0.2) is 0 Å². The van der Waals surface area contributed by atoms with Crippen molar-refractivity contribution in [1.29, 1.82) is 0 Å². The Hall–Kier alpha value is -2.03. The van der Waals surface area contributed by atoms with Crippen molar-refractivity contribution in [3.63, 3.8) is 0 Å². The van der Waals surface area contributed by atoms with Gasteiger partial charge in [0.15, 0.2) is 0 Å². The number of rotatable bonds is 4. The Bertz CT molecular complexity index is 538. The fourth-order valence-electron chi connectivity index (χ4n) is 1.83. The summed E-state index contributed by atoms with van der Waals surface area (Å²) >= 11 is 0. The van der Waals surface area contributed by atoms with Crippen LogP contribution in [0.1, 0.15) is 18.9 Å². The number of hydrogen-bond acceptors (Lipinski definition) is 3. The molecule has 0 aliphatic carbocycles. The lowest BCUT2D eigenvalue weighted by atomic mass is 10.0. The van der Waals surface area contributed by atoms with E-state index in [9.17, 15) is 0 Å². The van der Waals surface area contributed by atoms with E-state index in [0.29, 0.717) is 6.61 Å². The fourth-order valence-corrected chi connectivity index (χ4v) is 1.83. The first-order valence-corrected chi connectivity index (χ1v) is 6.15. The van der Waals surface area contributed by atoms with Crippen molar-refractivity contribution in [3.05, 3.63) is 42.2 Å². The van der Waals surface area contributed by atoms with E-state index in [1.54, 1.807) is 6.20 Å². The predicted molar refractivity (Wildman–Crippen MR) is 74.6 cm³/mol. The van der Waals surface area contributed by atoms with Crippen LogP contribution in [-0.4, -0.2) is 11.6 Å². The Morgan fingerprint density at radius 3 is 2.89 bits per heavy atom. The Labute approximate surface area is 108 Å². The molecule has 1 aromatic heterocycles. The van der Waals surface area contributed by atoms with E-state index in [0.717, 1.165) is 34.5 Å². The molecule has 2 aromatic rings. The highest BCUT2D eigenvalue weighted by molar-refractivity contribution is 5.72. The standard InChI is InChI=1S/C15H18N2O/c1-3-7-18-13-8-12(9-17-10-13)14-5-4-6-15(16)11(14)2/h4-6,8-10H,3,7,16H2,1-2H3. The first kappa shape index (κ1) is 12.4. The molecule has 0 amide bonds.